The minimum absolute atomic E-state index is 0. The van der Waals surface area contributed by atoms with E-state index in [0.717, 1.165) is 0 Å². The number of rotatable bonds is 9. The zero-order chi connectivity index (χ0) is 18.0. The van der Waals surface area contributed by atoms with Gasteiger partial charge in [0.1, 0.15) is 0 Å². The molecule has 0 aromatic heterocycles. The molecule has 0 atom stereocenters. The summed E-state index contributed by atoms with van der Waals surface area (Å²) in [5.74, 6) is 0.818. The molecule has 1 aromatic rings. The Hall–Kier alpha value is -0.520. The number of benzene rings is 1. The first kappa shape index (κ1) is 24.5. The average Bonchev–Trinajstić information content (AvgIpc) is 2.58. The van der Waals surface area contributed by atoms with E-state index in [9.17, 15) is 8.42 Å². The van der Waals surface area contributed by atoms with Crippen LogP contribution in [-0.2, 0) is 16.6 Å². The number of halogens is 1. The summed E-state index contributed by atoms with van der Waals surface area (Å²) >= 11 is 1.73. The topological polar surface area (TPSA) is 82.6 Å². The van der Waals surface area contributed by atoms with Gasteiger partial charge in [-0.25, -0.2) is 13.1 Å². The normalized spacial score (nSPS) is 11.8. The van der Waals surface area contributed by atoms with Crippen LogP contribution in [0.3, 0.4) is 0 Å². The number of aliphatic imine (C=N–C) groups is 1. The van der Waals surface area contributed by atoms with Crippen LogP contribution in [0.5, 0.6) is 0 Å². The number of nitrogens with zero attached hydrogens (tertiary/aromatic N) is 1. The van der Waals surface area contributed by atoms with Crippen molar-refractivity contribution in [2.24, 2.45) is 4.99 Å². The fourth-order valence-electron chi connectivity index (χ4n) is 2.02. The van der Waals surface area contributed by atoms with Crippen LogP contribution >= 0.6 is 35.7 Å². The number of aryl methyl sites for hydroxylation is 1. The Kier molecular flexibility index (Phi) is 12.5. The van der Waals surface area contributed by atoms with Crippen LogP contribution in [0, 0.1) is 6.92 Å². The third-order valence-electron chi connectivity index (χ3n) is 3.46. The fraction of sp³-hybridized carbons (Fsp3) is 0.562. The second-order valence-electron chi connectivity index (χ2n) is 5.32. The monoisotopic (exact) mass is 500 g/mol. The van der Waals surface area contributed by atoms with E-state index in [1.165, 1.54) is 16.0 Å². The lowest BCUT2D eigenvalue weighted by atomic mass is 10.1. The molecule has 1 aromatic carbocycles. The van der Waals surface area contributed by atoms with Crippen LogP contribution in [0.4, 0.5) is 0 Å². The zero-order valence-electron chi connectivity index (χ0n) is 15.3. The number of sulfonamides is 1. The number of thioether (sulfide) groups is 1. The van der Waals surface area contributed by atoms with Crippen molar-refractivity contribution >= 4 is 51.7 Å². The van der Waals surface area contributed by atoms with E-state index in [1.54, 1.807) is 25.7 Å². The van der Waals surface area contributed by atoms with Crippen molar-refractivity contribution < 1.29 is 8.42 Å². The van der Waals surface area contributed by atoms with Crippen LogP contribution in [-0.4, -0.2) is 46.5 Å². The molecule has 25 heavy (non-hydrogen) atoms. The van der Waals surface area contributed by atoms with Crippen molar-refractivity contribution in [3.05, 3.63) is 29.3 Å². The molecule has 0 spiro atoms. The molecule has 0 unspecified atom stereocenters. The fourth-order valence-corrected chi connectivity index (χ4v) is 3.39. The number of hydrogen-bond donors (Lipinski definition) is 3. The van der Waals surface area contributed by atoms with Gasteiger partial charge >= 0.3 is 0 Å². The third-order valence-corrected chi connectivity index (χ3v) is 5.68. The Bertz CT molecular complexity index is 652. The lowest BCUT2D eigenvalue weighted by Crippen LogP contribution is -2.38. The molecule has 3 N–H and O–H groups in total. The van der Waals surface area contributed by atoms with Gasteiger partial charge in [-0.15, -0.1) is 35.7 Å². The van der Waals surface area contributed by atoms with Crippen LogP contribution < -0.4 is 15.4 Å². The average molecular weight is 500 g/mol. The van der Waals surface area contributed by atoms with Gasteiger partial charge in [-0.05, 0) is 43.7 Å². The minimum atomic E-state index is -3.11. The van der Waals surface area contributed by atoms with Crippen molar-refractivity contribution in [1.82, 2.24) is 15.4 Å². The SMILES string of the molecule is CCS(=O)(=O)NCCCNC(=NC)NCc1ccc(C)cc1SC.I. The van der Waals surface area contributed by atoms with Gasteiger partial charge in [0.15, 0.2) is 5.96 Å². The highest BCUT2D eigenvalue weighted by Gasteiger charge is 2.05. The van der Waals surface area contributed by atoms with Gasteiger partial charge in [-0.3, -0.25) is 4.99 Å². The molecule has 0 aliphatic carbocycles. The van der Waals surface area contributed by atoms with Crippen LogP contribution in [0.15, 0.2) is 28.1 Å². The van der Waals surface area contributed by atoms with Gasteiger partial charge in [0.05, 0.1) is 5.75 Å². The van der Waals surface area contributed by atoms with Crippen LogP contribution in [0.25, 0.3) is 0 Å². The standard InChI is InChI=1S/C16H28N4O2S2.HI/c1-5-24(21,22)20-10-6-9-18-16(17-3)19-12-14-8-7-13(2)11-15(14)23-4;/h7-8,11,20H,5-6,9-10,12H2,1-4H3,(H2,17,18,19);1H. The molecule has 1 rings (SSSR count). The summed E-state index contributed by atoms with van der Waals surface area (Å²) < 4.78 is 25.2. The summed E-state index contributed by atoms with van der Waals surface area (Å²) in [7, 11) is -1.39. The predicted octanol–water partition coefficient (Wildman–Crippen LogP) is 2.33. The molecule has 144 valence electrons. The van der Waals surface area contributed by atoms with Crippen molar-refractivity contribution in [2.45, 2.75) is 31.7 Å². The maximum absolute atomic E-state index is 11.3. The highest BCUT2D eigenvalue weighted by atomic mass is 127. The molecule has 6 nitrogen and oxygen atoms in total. The molecule has 0 aliphatic rings. The Balaban J connectivity index is 0.00000576. The summed E-state index contributed by atoms with van der Waals surface area (Å²) in [6.07, 6.45) is 2.77. The first-order valence-corrected chi connectivity index (χ1v) is 10.8. The highest BCUT2D eigenvalue weighted by molar-refractivity contribution is 14.0. The number of guanidine groups is 1. The molecule has 9 heteroatoms. The molecule has 0 radical (unpaired) electrons. The lowest BCUT2D eigenvalue weighted by molar-refractivity contribution is 0.579. The quantitative estimate of drug-likeness (QED) is 0.160. The largest absolute Gasteiger partial charge is 0.356 e. The summed E-state index contributed by atoms with van der Waals surface area (Å²) in [4.78, 5) is 5.44. The van der Waals surface area contributed by atoms with Crippen molar-refractivity contribution in [3.8, 4) is 0 Å². The minimum Gasteiger partial charge on any atom is -0.356 e. The van der Waals surface area contributed by atoms with E-state index in [-0.39, 0.29) is 29.7 Å². The summed E-state index contributed by atoms with van der Waals surface area (Å²) in [6.45, 7) is 5.48. The van der Waals surface area contributed by atoms with Crippen molar-refractivity contribution in [1.29, 1.82) is 0 Å². The van der Waals surface area contributed by atoms with Gasteiger partial charge in [0.25, 0.3) is 0 Å². The molecule has 0 saturated heterocycles. The molecular weight excluding hydrogens is 471 g/mol. The molecule has 0 saturated carbocycles. The van der Waals surface area contributed by atoms with Crippen molar-refractivity contribution in [2.75, 3.05) is 32.1 Å². The molecule has 0 fully saturated rings. The third kappa shape index (κ3) is 9.66. The van der Waals surface area contributed by atoms with E-state index in [2.05, 4.69) is 51.7 Å². The Morgan fingerprint density at radius 3 is 2.56 bits per heavy atom. The van der Waals surface area contributed by atoms with Gasteiger partial charge in [0.2, 0.25) is 10.0 Å². The summed E-state index contributed by atoms with van der Waals surface area (Å²) in [5.41, 5.74) is 2.48. The zero-order valence-corrected chi connectivity index (χ0v) is 19.2. The Morgan fingerprint density at radius 1 is 1.24 bits per heavy atom. The maximum atomic E-state index is 11.3. The van der Waals surface area contributed by atoms with E-state index >= 15 is 0 Å². The van der Waals surface area contributed by atoms with E-state index < -0.39 is 10.0 Å². The van der Waals surface area contributed by atoms with Gasteiger partial charge < -0.3 is 10.6 Å². The molecule has 0 heterocycles. The lowest BCUT2D eigenvalue weighted by Gasteiger charge is -2.14. The van der Waals surface area contributed by atoms with Crippen LogP contribution in [0.1, 0.15) is 24.5 Å². The van der Waals surface area contributed by atoms with Crippen molar-refractivity contribution in [3.63, 3.8) is 0 Å². The second-order valence-corrected chi connectivity index (χ2v) is 8.26. The number of hydrogen-bond acceptors (Lipinski definition) is 4. The van der Waals surface area contributed by atoms with E-state index in [4.69, 9.17) is 0 Å². The summed E-state index contributed by atoms with van der Waals surface area (Å²) in [6, 6.07) is 6.41. The number of nitrogens with one attached hydrogen (secondary N) is 3. The first-order valence-electron chi connectivity index (χ1n) is 7.97. The molecule has 0 aliphatic heterocycles. The predicted molar refractivity (Wildman–Crippen MR) is 119 cm³/mol. The van der Waals surface area contributed by atoms with E-state index in [0.29, 0.717) is 32.0 Å². The highest BCUT2D eigenvalue weighted by Crippen LogP contribution is 2.21. The van der Waals surface area contributed by atoms with Crippen LogP contribution in [0.2, 0.25) is 0 Å². The smallest absolute Gasteiger partial charge is 0.211 e. The van der Waals surface area contributed by atoms with Gasteiger partial charge in [-0.2, -0.15) is 0 Å². The molecule has 0 bridgehead atoms. The Labute approximate surface area is 173 Å². The van der Waals surface area contributed by atoms with Gasteiger partial charge in [-0.1, -0.05) is 12.1 Å². The first-order chi connectivity index (χ1) is 11.4. The second kappa shape index (κ2) is 12.8. The van der Waals surface area contributed by atoms with Gasteiger partial charge in [0, 0.05) is 31.6 Å². The van der Waals surface area contributed by atoms with E-state index in [1.807, 2.05) is 0 Å². The summed E-state index contributed by atoms with van der Waals surface area (Å²) in [5, 5.41) is 6.48. The Morgan fingerprint density at radius 2 is 1.96 bits per heavy atom. The molecule has 0 amide bonds. The maximum Gasteiger partial charge on any atom is 0.211 e. The molecular formula is C16H29IN4O2S2.